The molecule has 1 rings (SSSR count). The number of aliphatic hydroxyl groups excluding tert-OH is 1. The summed E-state index contributed by atoms with van der Waals surface area (Å²) >= 11 is 1.80. The van der Waals surface area contributed by atoms with E-state index in [4.69, 9.17) is 4.52 Å². The maximum atomic E-state index is 9.40. The van der Waals surface area contributed by atoms with Crippen LogP contribution in [0.3, 0.4) is 0 Å². The molecule has 0 fully saturated rings. The van der Waals surface area contributed by atoms with Crippen LogP contribution in [-0.2, 0) is 12.2 Å². The maximum Gasteiger partial charge on any atom is 0.229 e. The largest absolute Gasteiger partial charge is 0.393 e. The number of aromatic nitrogens is 2. The van der Waals surface area contributed by atoms with Crippen molar-refractivity contribution in [3.8, 4) is 0 Å². The average molecular weight is 230 g/mol. The number of nitrogens with zero attached hydrogens (tertiary/aromatic N) is 2. The Morgan fingerprint density at radius 2 is 2.27 bits per heavy atom. The van der Waals surface area contributed by atoms with Crippen LogP contribution in [0.25, 0.3) is 0 Å². The van der Waals surface area contributed by atoms with Crippen LogP contribution in [0.5, 0.6) is 0 Å². The second-order valence-electron chi connectivity index (χ2n) is 3.42. The molecule has 0 spiro atoms. The molecular weight excluding hydrogens is 212 g/mol. The molecule has 0 aliphatic rings. The highest BCUT2D eigenvalue weighted by Crippen LogP contribution is 2.11. The molecule has 1 heterocycles. The average Bonchev–Trinajstić information content (AvgIpc) is 2.66. The summed E-state index contributed by atoms with van der Waals surface area (Å²) in [6.07, 6.45) is 1.95. The third-order valence-electron chi connectivity index (χ3n) is 1.97. The van der Waals surface area contributed by atoms with Crippen LogP contribution >= 0.6 is 11.8 Å². The van der Waals surface area contributed by atoms with Crippen LogP contribution in [0.4, 0.5) is 0 Å². The van der Waals surface area contributed by atoms with Crippen molar-refractivity contribution in [3.63, 3.8) is 0 Å². The van der Waals surface area contributed by atoms with Gasteiger partial charge in [-0.2, -0.15) is 16.7 Å². The van der Waals surface area contributed by atoms with E-state index >= 15 is 0 Å². The van der Waals surface area contributed by atoms with Crippen molar-refractivity contribution in [3.05, 3.63) is 11.7 Å². The van der Waals surface area contributed by atoms with Crippen molar-refractivity contribution in [2.75, 3.05) is 5.75 Å². The number of thioether (sulfide) groups is 1. The summed E-state index contributed by atoms with van der Waals surface area (Å²) in [6, 6.07) is 0. The predicted octanol–water partition coefficient (Wildman–Crippen LogP) is 2.03. The van der Waals surface area contributed by atoms with Gasteiger partial charge in [-0.25, -0.2) is 0 Å². The van der Waals surface area contributed by atoms with E-state index in [2.05, 4.69) is 17.1 Å². The van der Waals surface area contributed by atoms with E-state index < -0.39 is 0 Å². The van der Waals surface area contributed by atoms with Gasteiger partial charge in [0.1, 0.15) is 0 Å². The van der Waals surface area contributed by atoms with E-state index in [1.807, 2.05) is 6.92 Å². The van der Waals surface area contributed by atoms with Crippen LogP contribution in [0, 0.1) is 0 Å². The third-order valence-corrected chi connectivity index (χ3v) is 3.13. The Hall–Kier alpha value is -0.550. The smallest absolute Gasteiger partial charge is 0.229 e. The monoisotopic (exact) mass is 230 g/mol. The quantitative estimate of drug-likeness (QED) is 0.726. The van der Waals surface area contributed by atoms with Crippen molar-refractivity contribution in [1.29, 1.82) is 0 Å². The third kappa shape index (κ3) is 4.66. The molecule has 4 nitrogen and oxygen atoms in total. The van der Waals surface area contributed by atoms with Crippen LogP contribution in [-0.4, -0.2) is 27.1 Å². The molecule has 1 N–H and O–H groups in total. The zero-order valence-electron chi connectivity index (χ0n) is 9.27. The highest BCUT2D eigenvalue weighted by Gasteiger charge is 2.10. The van der Waals surface area contributed by atoms with Crippen molar-refractivity contribution in [1.82, 2.24) is 10.1 Å². The lowest BCUT2D eigenvalue weighted by Crippen LogP contribution is -2.08. The molecule has 5 heteroatoms. The molecular formula is C10H18N2O2S. The molecule has 0 saturated carbocycles. The summed E-state index contributed by atoms with van der Waals surface area (Å²) in [4.78, 5) is 4.21. The Bertz CT molecular complexity index is 278. The van der Waals surface area contributed by atoms with E-state index in [-0.39, 0.29) is 6.10 Å². The minimum absolute atomic E-state index is 0.374. The van der Waals surface area contributed by atoms with E-state index in [0.29, 0.717) is 18.7 Å². The molecule has 0 aliphatic carbocycles. The first kappa shape index (κ1) is 12.5. The molecule has 15 heavy (non-hydrogen) atoms. The Morgan fingerprint density at radius 3 is 2.93 bits per heavy atom. The van der Waals surface area contributed by atoms with Gasteiger partial charge in [-0.1, -0.05) is 19.0 Å². The Morgan fingerprint density at radius 1 is 1.47 bits per heavy atom. The van der Waals surface area contributed by atoms with Gasteiger partial charge in [0.05, 0.1) is 18.3 Å². The topological polar surface area (TPSA) is 59.2 Å². The lowest BCUT2D eigenvalue weighted by molar-refractivity contribution is 0.158. The van der Waals surface area contributed by atoms with Gasteiger partial charge >= 0.3 is 0 Å². The lowest BCUT2D eigenvalue weighted by atomic mass is 10.2. The number of aliphatic hydroxyl groups is 1. The summed E-state index contributed by atoms with van der Waals surface area (Å²) in [7, 11) is 0. The molecule has 0 aromatic carbocycles. The van der Waals surface area contributed by atoms with Crippen LogP contribution in [0.2, 0.25) is 0 Å². The molecule has 86 valence electrons. The normalized spacial score (nSPS) is 13.0. The summed E-state index contributed by atoms with van der Waals surface area (Å²) in [6.45, 7) is 4.07. The maximum absolute atomic E-state index is 9.40. The molecule has 0 saturated heterocycles. The number of hydrogen-bond acceptors (Lipinski definition) is 5. The molecule has 1 atom stereocenters. The zero-order valence-corrected chi connectivity index (χ0v) is 10.1. The van der Waals surface area contributed by atoms with Crippen LogP contribution < -0.4 is 0 Å². The van der Waals surface area contributed by atoms with Gasteiger partial charge in [0.25, 0.3) is 0 Å². The Balaban J connectivity index is 2.35. The molecule has 1 aromatic rings. The van der Waals surface area contributed by atoms with E-state index in [9.17, 15) is 5.11 Å². The summed E-state index contributed by atoms with van der Waals surface area (Å²) in [5, 5.41) is 13.3. The van der Waals surface area contributed by atoms with Gasteiger partial charge in [-0.15, -0.1) is 0 Å². The van der Waals surface area contributed by atoms with E-state index in [1.165, 1.54) is 0 Å². The fourth-order valence-electron chi connectivity index (χ4n) is 1.09. The van der Waals surface area contributed by atoms with Crippen molar-refractivity contribution >= 4 is 11.8 Å². The van der Waals surface area contributed by atoms with Gasteiger partial charge in [0, 0.05) is 0 Å². The molecule has 0 aliphatic heterocycles. The second kappa shape index (κ2) is 6.85. The lowest BCUT2D eigenvalue weighted by Gasteiger charge is -2.01. The van der Waals surface area contributed by atoms with E-state index in [0.717, 1.165) is 23.8 Å². The summed E-state index contributed by atoms with van der Waals surface area (Å²) in [5.41, 5.74) is 0. The minimum atomic E-state index is -0.374. The predicted molar refractivity (Wildman–Crippen MR) is 60.8 cm³/mol. The first-order valence-electron chi connectivity index (χ1n) is 5.33. The SMILES string of the molecule is CCCSCc1noc(CC(O)CC)n1. The van der Waals surface area contributed by atoms with Crippen LogP contribution in [0.15, 0.2) is 4.52 Å². The van der Waals surface area contributed by atoms with Gasteiger partial charge < -0.3 is 9.63 Å². The van der Waals surface area contributed by atoms with Gasteiger partial charge in [-0.05, 0) is 18.6 Å². The van der Waals surface area contributed by atoms with Crippen molar-refractivity contribution in [2.45, 2.75) is 45.0 Å². The van der Waals surface area contributed by atoms with Gasteiger partial charge in [0.2, 0.25) is 5.89 Å². The highest BCUT2D eigenvalue weighted by molar-refractivity contribution is 7.98. The highest BCUT2D eigenvalue weighted by atomic mass is 32.2. The minimum Gasteiger partial charge on any atom is -0.393 e. The molecule has 0 radical (unpaired) electrons. The van der Waals surface area contributed by atoms with Gasteiger partial charge in [-0.3, -0.25) is 0 Å². The Kier molecular flexibility index (Phi) is 5.71. The van der Waals surface area contributed by atoms with Gasteiger partial charge in [0.15, 0.2) is 5.82 Å². The molecule has 0 amide bonds. The summed E-state index contributed by atoms with van der Waals surface area (Å²) < 4.78 is 5.03. The number of rotatable bonds is 7. The molecule has 1 unspecified atom stereocenters. The Labute approximate surface area is 94.5 Å². The fraction of sp³-hybridized carbons (Fsp3) is 0.800. The first-order chi connectivity index (χ1) is 7.26. The second-order valence-corrected chi connectivity index (χ2v) is 4.53. The van der Waals surface area contributed by atoms with Crippen molar-refractivity contribution < 1.29 is 9.63 Å². The fourth-order valence-corrected chi connectivity index (χ4v) is 1.82. The molecule has 0 bridgehead atoms. The van der Waals surface area contributed by atoms with Crippen molar-refractivity contribution in [2.24, 2.45) is 0 Å². The van der Waals surface area contributed by atoms with E-state index in [1.54, 1.807) is 11.8 Å². The zero-order chi connectivity index (χ0) is 11.1. The first-order valence-corrected chi connectivity index (χ1v) is 6.49. The van der Waals surface area contributed by atoms with Crippen LogP contribution in [0.1, 0.15) is 38.4 Å². The number of hydrogen-bond donors (Lipinski definition) is 1. The molecule has 1 aromatic heterocycles. The summed E-state index contributed by atoms with van der Waals surface area (Å²) in [5.74, 6) is 3.17. The standard InChI is InChI=1S/C10H18N2O2S/c1-3-5-15-7-9-11-10(14-12-9)6-8(13)4-2/h8,13H,3-7H2,1-2H3.